The molecule has 0 spiro atoms. The van der Waals surface area contributed by atoms with Crippen LogP contribution in [0.5, 0.6) is 0 Å². The number of alkyl halides is 3. The second kappa shape index (κ2) is 6.73. The Bertz CT molecular complexity index is 711. The van der Waals surface area contributed by atoms with Crippen molar-refractivity contribution in [2.75, 3.05) is 5.32 Å². The van der Waals surface area contributed by atoms with Crippen molar-refractivity contribution < 1.29 is 18.0 Å². The van der Waals surface area contributed by atoms with Crippen LogP contribution in [0.2, 0.25) is 0 Å². The summed E-state index contributed by atoms with van der Waals surface area (Å²) in [6.45, 7) is 4.17. The van der Waals surface area contributed by atoms with Gasteiger partial charge in [0.15, 0.2) is 0 Å². The largest absolute Gasteiger partial charge is 0.418 e. The number of benzene rings is 2. The van der Waals surface area contributed by atoms with Crippen LogP contribution in [0.4, 0.5) is 23.7 Å². The minimum absolute atomic E-state index is 0.237. The fourth-order valence-corrected chi connectivity index (χ4v) is 2.10. The van der Waals surface area contributed by atoms with Crippen LogP contribution in [0, 0.1) is 13.8 Å². The number of hydrogen-bond donors (Lipinski definition) is 2. The summed E-state index contributed by atoms with van der Waals surface area (Å²) in [5.41, 5.74) is 1.97. The van der Waals surface area contributed by atoms with E-state index in [1.54, 1.807) is 0 Å². The van der Waals surface area contributed by atoms with E-state index in [0.29, 0.717) is 0 Å². The van der Waals surface area contributed by atoms with E-state index in [0.717, 1.165) is 22.8 Å². The average molecular weight is 322 g/mol. The maximum Gasteiger partial charge on any atom is 0.418 e. The first-order valence-electron chi connectivity index (χ1n) is 7.04. The third-order valence-electron chi connectivity index (χ3n) is 3.51. The number of anilines is 1. The van der Waals surface area contributed by atoms with Crippen molar-refractivity contribution in [2.45, 2.75) is 26.6 Å². The number of rotatable bonds is 3. The van der Waals surface area contributed by atoms with E-state index in [-0.39, 0.29) is 12.2 Å². The minimum atomic E-state index is -4.52. The van der Waals surface area contributed by atoms with Gasteiger partial charge in [-0.1, -0.05) is 30.3 Å². The molecule has 0 aliphatic carbocycles. The highest BCUT2D eigenvalue weighted by atomic mass is 19.4. The third kappa shape index (κ3) is 4.48. The molecule has 0 atom stereocenters. The number of carbonyl (C=O) groups excluding carboxylic acids is 1. The van der Waals surface area contributed by atoms with Gasteiger partial charge in [-0.2, -0.15) is 13.2 Å². The number of halogens is 3. The Hall–Kier alpha value is -2.50. The van der Waals surface area contributed by atoms with Gasteiger partial charge in [-0.3, -0.25) is 0 Å². The Morgan fingerprint density at radius 1 is 1.04 bits per heavy atom. The van der Waals surface area contributed by atoms with Gasteiger partial charge in [0.05, 0.1) is 11.3 Å². The summed E-state index contributed by atoms with van der Waals surface area (Å²) in [5, 5.41) is 4.80. The van der Waals surface area contributed by atoms with Crippen molar-refractivity contribution in [3.63, 3.8) is 0 Å². The average Bonchev–Trinajstić information content (AvgIpc) is 2.48. The monoisotopic (exact) mass is 322 g/mol. The third-order valence-corrected chi connectivity index (χ3v) is 3.51. The molecule has 0 bridgehead atoms. The van der Waals surface area contributed by atoms with Gasteiger partial charge in [0, 0.05) is 6.54 Å². The molecule has 0 radical (unpaired) electrons. The second-order valence-electron chi connectivity index (χ2n) is 5.27. The van der Waals surface area contributed by atoms with Crippen LogP contribution in [0.3, 0.4) is 0 Å². The van der Waals surface area contributed by atoms with Crippen LogP contribution in [-0.2, 0) is 12.7 Å². The van der Waals surface area contributed by atoms with Crippen LogP contribution < -0.4 is 10.6 Å². The van der Waals surface area contributed by atoms with Crippen molar-refractivity contribution >= 4 is 11.7 Å². The molecular formula is C17H17F3N2O. The molecule has 2 rings (SSSR count). The number of carbonyl (C=O) groups is 1. The Morgan fingerprint density at radius 2 is 1.74 bits per heavy atom. The Labute approximate surface area is 132 Å². The quantitative estimate of drug-likeness (QED) is 0.849. The van der Waals surface area contributed by atoms with Crippen LogP contribution in [0.15, 0.2) is 42.5 Å². The lowest BCUT2D eigenvalue weighted by Gasteiger charge is -2.14. The van der Waals surface area contributed by atoms with Crippen LogP contribution in [0.1, 0.15) is 22.3 Å². The molecule has 0 unspecified atom stereocenters. The molecule has 2 aromatic carbocycles. The number of amides is 2. The van der Waals surface area contributed by atoms with Crippen LogP contribution in [-0.4, -0.2) is 6.03 Å². The topological polar surface area (TPSA) is 41.1 Å². The molecule has 3 nitrogen and oxygen atoms in total. The first kappa shape index (κ1) is 16.9. The van der Waals surface area contributed by atoms with Crippen molar-refractivity contribution in [2.24, 2.45) is 0 Å². The summed E-state index contributed by atoms with van der Waals surface area (Å²) >= 11 is 0. The highest BCUT2D eigenvalue weighted by molar-refractivity contribution is 5.90. The number of nitrogens with one attached hydrogen (secondary N) is 2. The molecule has 2 N–H and O–H groups in total. The fraction of sp³-hybridized carbons (Fsp3) is 0.235. The van der Waals surface area contributed by atoms with Gasteiger partial charge < -0.3 is 10.6 Å². The zero-order valence-corrected chi connectivity index (χ0v) is 12.8. The Morgan fingerprint density at radius 3 is 2.39 bits per heavy atom. The predicted octanol–water partition coefficient (Wildman–Crippen LogP) is 4.64. The molecule has 0 saturated carbocycles. The van der Waals surface area contributed by atoms with Gasteiger partial charge in [-0.25, -0.2) is 4.79 Å². The Balaban J connectivity index is 2.02. The number of hydrogen-bond acceptors (Lipinski definition) is 1. The zero-order valence-electron chi connectivity index (χ0n) is 12.8. The van der Waals surface area contributed by atoms with Gasteiger partial charge >= 0.3 is 12.2 Å². The molecular weight excluding hydrogens is 305 g/mol. The van der Waals surface area contributed by atoms with E-state index >= 15 is 0 Å². The van der Waals surface area contributed by atoms with Crippen molar-refractivity contribution in [1.29, 1.82) is 0 Å². The smallest absolute Gasteiger partial charge is 0.334 e. The molecule has 23 heavy (non-hydrogen) atoms. The van der Waals surface area contributed by atoms with E-state index in [4.69, 9.17) is 0 Å². The van der Waals surface area contributed by atoms with E-state index in [1.807, 2.05) is 32.0 Å². The molecule has 0 saturated heterocycles. The number of urea groups is 1. The van der Waals surface area contributed by atoms with E-state index < -0.39 is 17.8 Å². The zero-order chi connectivity index (χ0) is 17.0. The second-order valence-corrected chi connectivity index (χ2v) is 5.27. The molecule has 0 fully saturated rings. The van der Waals surface area contributed by atoms with Gasteiger partial charge in [-0.05, 0) is 42.7 Å². The summed E-state index contributed by atoms with van der Waals surface area (Å²) in [6.07, 6.45) is -4.52. The lowest BCUT2D eigenvalue weighted by atomic mass is 10.1. The van der Waals surface area contributed by atoms with Gasteiger partial charge in [0.25, 0.3) is 0 Å². The van der Waals surface area contributed by atoms with Crippen LogP contribution in [0.25, 0.3) is 0 Å². The van der Waals surface area contributed by atoms with Crippen molar-refractivity contribution in [3.05, 3.63) is 64.7 Å². The SMILES string of the molecule is Cc1ccc(CNC(=O)Nc2ccccc2C(F)(F)F)cc1C. The molecule has 122 valence electrons. The molecule has 0 aromatic heterocycles. The van der Waals surface area contributed by atoms with E-state index in [2.05, 4.69) is 10.6 Å². The first-order valence-corrected chi connectivity index (χ1v) is 7.04. The molecule has 2 amide bonds. The first-order chi connectivity index (χ1) is 10.8. The molecule has 2 aromatic rings. The van der Waals surface area contributed by atoms with E-state index in [9.17, 15) is 18.0 Å². The maximum absolute atomic E-state index is 12.9. The number of aryl methyl sites for hydroxylation is 2. The minimum Gasteiger partial charge on any atom is -0.334 e. The van der Waals surface area contributed by atoms with Gasteiger partial charge in [0.2, 0.25) is 0 Å². The van der Waals surface area contributed by atoms with Crippen molar-refractivity contribution in [3.8, 4) is 0 Å². The van der Waals surface area contributed by atoms with Gasteiger partial charge in [0.1, 0.15) is 0 Å². The standard InChI is InChI=1S/C17H17F3N2O/c1-11-7-8-13(9-12(11)2)10-21-16(23)22-15-6-4-3-5-14(15)17(18,19)20/h3-9H,10H2,1-2H3,(H2,21,22,23). The lowest BCUT2D eigenvalue weighted by Crippen LogP contribution is -2.29. The molecule has 6 heteroatoms. The summed E-state index contributed by atoms with van der Waals surface area (Å²) in [7, 11) is 0. The summed E-state index contributed by atoms with van der Waals surface area (Å²) < 4.78 is 38.6. The molecule has 0 aliphatic heterocycles. The summed E-state index contributed by atoms with van der Waals surface area (Å²) in [6, 6.07) is 9.92. The summed E-state index contributed by atoms with van der Waals surface area (Å²) in [4.78, 5) is 11.8. The number of para-hydroxylation sites is 1. The predicted molar refractivity (Wildman–Crippen MR) is 83.2 cm³/mol. The van der Waals surface area contributed by atoms with Crippen LogP contribution >= 0.6 is 0 Å². The van der Waals surface area contributed by atoms with Crippen molar-refractivity contribution in [1.82, 2.24) is 5.32 Å². The summed E-state index contributed by atoms with van der Waals surface area (Å²) in [5.74, 6) is 0. The normalized spacial score (nSPS) is 11.2. The molecule has 0 heterocycles. The molecule has 0 aliphatic rings. The van der Waals surface area contributed by atoms with Gasteiger partial charge in [-0.15, -0.1) is 0 Å². The fourth-order valence-electron chi connectivity index (χ4n) is 2.10. The lowest BCUT2D eigenvalue weighted by molar-refractivity contribution is -0.136. The Kier molecular flexibility index (Phi) is 4.93. The highest BCUT2D eigenvalue weighted by Crippen LogP contribution is 2.34. The maximum atomic E-state index is 12.9. The van der Waals surface area contributed by atoms with E-state index in [1.165, 1.54) is 18.2 Å². The highest BCUT2D eigenvalue weighted by Gasteiger charge is 2.33.